The largest absolute Gasteiger partial charge is 0.488 e. The van der Waals surface area contributed by atoms with Crippen LogP contribution in [-0.2, 0) is 9.53 Å². The number of morpholine rings is 1. The summed E-state index contributed by atoms with van der Waals surface area (Å²) in [4.78, 5) is 16.7. The fourth-order valence-corrected chi connectivity index (χ4v) is 4.32. The van der Waals surface area contributed by atoms with Gasteiger partial charge in [-0.15, -0.1) is 11.8 Å². The lowest BCUT2D eigenvalue weighted by Crippen LogP contribution is -2.42. The van der Waals surface area contributed by atoms with E-state index in [1.54, 1.807) is 11.8 Å². The number of hydrogen-bond acceptors (Lipinski definition) is 5. The molecule has 0 spiro atoms. The number of amides is 1. The Bertz CT molecular complexity index is 579. The predicted molar refractivity (Wildman–Crippen MR) is 101 cm³/mol. The van der Waals surface area contributed by atoms with Gasteiger partial charge in [-0.25, -0.2) is 0 Å². The third-order valence-electron chi connectivity index (χ3n) is 4.32. The molecule has 0 radical (unpaired) electrons. The van der Waals surface area contributed by atoms with E-state index in [9.17, 15) is 4.79 Å². The van der Waals surface area contributed by atoms with Crippen LogP contribution in [0.1, 0.15) is 31.7 Å². The van der Waals surface area contributed by atoms with Crippen molar-refractivity contribution in [3.63, 3.8) is 0 Å². The molecule has 2 fully saturated rings. The lowest BCUT2D eigenvalue weighted by molar-refractivity contribution is -0.128. The normalized spacial score (nSPS) is 22.4. The molecule has 2 saturated heterocycles. The first-order valence-electron chi connectivity index (χ1n) is 8.92. The molecule has 2 aliphatic heterocycles. The summed E-state index contributed by atoms with van der Waals surface area (Å²) >= 11 is 1.71. The third kappa shape index (κ3) is 5.12. The number of benzene rings is 1. The second-order valence-corrected chi connectivity index (χ2v) is 8.56. The smallest absolute Gasteiger partial charge is 0.233 e. The Morgan fingerprint density at radius 1 is 1.16 bits per heavy atom. The summed E-state index contributed by atoms with van der Waals surface area (Å²) < 4.78 is 11.3. The van der Waals surface area contributed by atoms with Gasteiger partial charge in [0.1, 0.15) is 16.7 Å². The van der Waals surface area contributed by atoms with Gasteiger partial charge in [0.05, 0.1) is 19.0 Å². The Kier molecular flexibility index (Phi) is 5.92. The molecule has 0 saturated carbocycles. The quantitative estimate of drug-likeness (QED) is 0.804. The summed E-state index contributed by atoms with van der Waals surface area (Å²) in [5.41, 5.74) is 0.961. The van der Waals surface area contributed by atoms with Crippen LogP contribution in [0.25, 0.3) is 0 Å². The van der Waals surface area contributed by atoms with Gasteiger partial charge in [0.2, 0.25) is 5.91 Å². The molecular formula is C19H28N2O3S. The molecule has 0 N–H and O–H groups in total. The summed E-state index contributed by atoms with van der Waals surface area (Å²) in [6, 6.07) is 8.17. The number of carbonyl (C=O) groups excluding carboxylic acids is 1. The van der Waals surface area contributed by atoms with E-state index in [2.05, 4.69) is 17.0 Å². The van der Waals surface area contributed by atoms with Crippen LogP contribution in [0.15, 0.2) is 24.3 Å². The van der Waals surface area contributed by atoms with E-state index in [1.165, 1.54) is 5.56 Å². The van der Waals surface area contributed by atoms with E-state index >= 15 is 0 Å². The molecule has 1 aromatic rings. The molecule has 138 valence electrons. The second kappa shape index (κ2) is 7.98. The van der Waals surface area contributed by atoms with E-state index in [1.807, 2.05) is 37.8 Å². The molecule has 2 heterocycles. The summed E-state index contributed by atoms with van der Waals surface area (Å²) in [5.74, 6) is 1.66. The lowest BCUT2D eigenvalue weighted by atomic mass is 10.1. The summed E-state index contributed by atoms with van der Waals surface area (Å²) in [6.45, 7) is 11.3. The van der Waals surface area contributed by atoms with E-state index in [-0.39, 0.29) is 16.9 Å². The first-order chi connectivity index (χ1) is 11.9. The lowest BCUT2D eigenvalue weighted by Gasteiger charge is -2.30. The van der Waals surface area contributed by atoms with Crippen molar-refractivity contribution in [3.8, 4) is 5.75 Å². The molecule has 3 rings (SSSR count). The number of thioether (sulfide) groups is 1. The molecule has 0 aliphatic carbocycles. The standard InChI is InChI=1S/C19H28N2O3S/c1-19(2,3)24-16-6-4-15(5-7-16)18-21(17(22)14-25-18)9-8-20-10-12-23-13-11-20/h4-7,18H,8-14H2,1-3H3. The number of nitrogens with zero attached hydrogens (tertiary/aromatic N) is 2. The zero-order valence-corrected chi connectivity index (χ0v) is 16.2. The fourth-order valence-electron chi connectivity index (χ4n) is 3.10. The van der Waals surface area contributed by atoms with Gasteiger partial charge in [0.15, 0.2) is 0 Å². The molecule has 25 heavy (non-hydrogen) atoms. The number of rotatable bonds is 5. The first-order valence-corrected chi connectivity index (χ1v) is 9.97. The van der Waals surface area contributed by atoms with Gasteiger partial charge in [-0.1, -0.05) is 12.1 Å². The zero-order valence-electron chi connectivity index (χ0n) is 15.4. The predicted octanol–water partition coefficient (Wildman–Crippen LogP) is 2.77. The summed E-state index contributed by atoms with van der Waals surface area (Å²) in [6.07, 6.45) is 0. The monoisotopic (exact) mass is 364 g/mol. The minimum absolute atomic E-state index is 0.109. The van der Waals surface area contributed by atoms with Gasteiger partial charge >= 0.3 is 0 Å². The van der Waals surface area contributed by atoms with Crippen molar-refractivity contribution in [2.45, 2.75) is 31.7 Å². The van der Waals surface area contributed by atoms with Crippen LogP contribution in [0, 0.1) is 0 Å². The maximum Gasteiger partial charge on any atom is 0.233 e. The topological polar surface area (TPSA) is 42.0 Å². The number of hydrogen-bond donors (Lipinski definition) is 0. The van der Waals surface area contributed by atoms with Crippen LogP contribution in [-0.4, -0.2) is 66.5 Å². The molecule has 6 heteroatoms. The van der Waals surface area contributed by atoms with Gasteiger partial charge in [-0.2, -0.15) is 0 Å². The summed E-state index contributed by atoms with van der Waals surface area (Å²) in [7, 11) is 0. The Morgan fingerprint density at radius 3 is 2.48 bits per heavy atom. The molecule has 0 aromatic heterocycles. The fraction of sp³-hybridized carbons (Fsp3) is 0.632. The van der Waals surface area contributed by atoms with Crippen molar-refractivity contribution in [2.24, 2.45) is 0 Å². The van der Waals surface area contributed by atoms with Gasteiger partial charge in [0, 0.05) is 26.2 Å². The zero-order chi connectivity index (χ0) is 17.9. The van der Waals surface area contributed by atoms with E-state index in [4.69, 9.17) is 9.47 Å². The molecule has 5 nitrogen and oxygen atoms in total. The Hall–Kier alpha value is -1.24. The highest BCUT2D eigenvalue weighted by molar-refractivity contribution is 8.00. The molecule has 2 aliphatic rings. The van der Waals surface area contributed by atoms with Crippen molar-refractivity contribution < 1.29 is 14.3 Å². The van der Waals surface area contributed by atoms with E-state index in [0.29, 0.717) is 5.75 Å². The van der Waals surface area contributed by atoms with Crippen LogP contribution in [0.4, 0.5) is 0 Å². The van der Waals surface area contributed by atoms with Gasteiger partial charge in [0.25, 0.3) is 0 Å². The van der Waals surface area contributed by atoms with Crippen molar-refractivity contribution in [2.75, 3.05) is 45.1 Å². The second-order valence-electron chi connectivity index (χ2n) is 7.49. The number of ether oxygens (including phenoxy) is 2. The van der Waals surface area contributed by atoms with Crippen molar-refractivity contribution in [1.29, 1.82) is 0 Å². The average molecular weight is 365 g/mol. The highest BCUT2D eigenvalue weighted by Crippen LogP contribution is 2.39. The van der Waals surface area contributed by atoms with E-state index < -0.39 is 0 Å². The first kappa shape index (κ1) is 18.5. The van der Waals surface area contributed by atoms with Crippen molar-refractivity contribution in [3.05, 3.63) is 29.8 Å². The van der Waals surface area contributed by atoms with Crippen molar-refractivity contribution >= 4 is 17.7 Å². The minimum atomic E-state index is -0.205. The minimum Gasteiger partial charge on any atom is -0.488 e. The van der Waals surface area contributed by atoms with Crippen molar-refractivity contribution in [1.82, 2.24) is 9.80 Å². The van der Waals surface area contributed by atoms with Gasteiger partial charge < -0.3 is 14.4 Å². The molecule has 1 aromatic carbocycles. The average Bonchev–Trinajstić information content (AvgIpc) is 2.94. The molecule has 1 unspecified atom stereocenters. The van der Waals surface area contributed by atoms with Crippen LogP contribution in [0.2, 0.25) is 0 Å². The van der Waals surface area contributed by atoms with Crippen LogP contribution in [0.5, 0.6) is 5.75 Å². The molecule has 1 atom stereocenters. The van der Waals surface area contributed by atoms with Crippen LogP contribution in [0.3, 0.4) is 0 Å². The number of carbonyl (C=O) groups is 1. The third-order valence-corrected chi connectivity index (χ3v) is 5.57. The maximum absolute atomic E-state index is 12.3. The van der Waals surface area contributed by atoms with Crippen LogP contribution >= 0.6 is 11.8 Å². The maximum atomic E-state index is 12.3. The SMILES string of the molecule is CC(C)(C)Oc1ccc(C2SCC(=O)N2CCN2CCOCC2)cc1. The highest BCUT2D eigenvalue weighted by Gasteiger charge is 2.33. The van der Waals surface area contributed by atoms with Crippen LogP contribution < -0.4 is 4.74 Å². The molecule has 1 amide bonds. The Balaban J connectivity index is 1.62. The molecular weight excluding hydrogens is 336 g/mol. The van der Waals surface area contributed by atoms with Gasteiger partial charge in [-0.3, -0.25) is 9.69 Å². The molecule has 0 bridgehead atoms. The Labute approximate surface area is 154 Å². The summed E-state index contributed by atoms with van der Waals surface area (Å²) in [5, 5.41) is 0.109. The highest BCUT2D eigenvalue weighted by atomic mass is 32.2. The van der Waals surface area contributed by atoms with E-state index in [0.717, 1.165) is 45.1 Å². The Morgan fingerprint density at radius 2 is 1.84 bits per heavy atom. The van der Waals surface area contributed by atoms with Gasteiger partial charge in [-0.05, 0) is 38.5 Å².